The summed E-state index contributed by atoms with van der Waals surface area (Å²) < 4.78 is 74.9. The van der Waals surface area contributed by atoms with Crippen LogP contribution in [-0.2, 0) is 52.1 Å². The van der Waals surface area contributed by atoms with Crippen LogP contribution < -0.4 is 4.74 Å². The number of aryl methyl sites for hydroxylation is 1. The van der Waals surface area contributed by atoms with Crippen LogP contribution in [0, 0.1) is 6.92 Å². The second-order valence-corrected chi connectivity index (χ2v) is 21.3. The van der Waals surface area contributed by atoms with Crippen molar-refractivity contribution < 1.29 is 92.0 Å². The van der Waals surface area contributed by atoms with E-state index < -0.39 is 110 Å². The smallest absolute Gasteiger partial charge is 0.202 e. The maximum absolute atomic E-state index is 14.1. The number of aliphatic hydroxyl groups excluding tert-OH is 4. The molecule has 0 spiro atoms. The van der Waals surface area contributed by atoms with Crippen molar-refractivity contribution >= 4 is 22.3 Å². The van der Waals surface area contributed by atoms with E-state index in [1.54, 1.807) is 57.2 Å². The number of ketones is 2. The quantitative estimate of drug-likeness (QED) is 0.120. The summed E-state index contributed by atoms with van der Waals surface area (Å²) in [7, 11) is 0. The molecule has 0 saturated carbocycles. The fourth-order valence-corrected chi connectivity index (χ4v) is 11.6. The number of hydrogen-bond donors (Lipinski definition) is 5. The first-order valence-electron chi connectivity index (χ1n) is 26.5. The van der Waals surface area contributed by atoms with E-state index in [1.807, 2.05) is 33.8 Å². The minimum Gasteiger partial charge on any atom is -0.507 e. The minimum atomic E-state index is -1.08. The van der Waals surface area contributed by atoms with E-state index >= 15 is 0 Å². The van der Waals surface area contributed by atoms with Crippen LogP contribution in [0.5, 0.6) is 11.5 Å². The Morgan fingerprint density at radius 1 is 0.486 bits per heavy atom. The van der Waals surface area contributed by atoms with Gasteiger partial charge in [-0.15, -0.1) is 0 Å². The number of aromatic hydroxyl groups is 1. The molecule has 10 rings (SSSR count). The third-order valence-electron chi connectivity index (χ3n) is 15.8. The van der Waals surface area contributed by atoms with Gasteiger partial charge in [-0.3, -0.25) is 9.59 Å². The maximum atomic E-state index is 14.1. The van der Waals surface area contributed by atoms with Gasteiger partial charge < -0.3 is 82.4 Å². The lowest BCUT2D eigenvalue weighted by molar-refractivity contribution is -0.333. The Hall–Kier alpha value is -3.74. The molecule has 3 aromatic rings. The third-order valence-corrected chi connectivity index (χ3v) is 15.8. The van der Waals surface area contributed by atoms with Gasteiger partial charge in [0.2, 0.25) is 6.29 Å². The van der Waals surface area contributed by atoms with Crippen LogP contribution in [0.3, 0.4) is 0 Å². The standard InChI is InChI=1S/C55H72O19/c1-24-19-31-11-12-33-50(48(31)35(57)20-24)54(62)32-9-8-10-39(49(32)53(33)61)71-45-21-36(58)55(30(7)68-45)74-47-23-41(52(60)29(6)67-47)73-44-18-14-37(26(3)65-44)69-43-17-15-38(27(4)64-43)70-46-22-40(51(59)28(5)66-46)72-42-16-13-34(56)25(2)63-42/h8-12,19-20,25-30,34,36-38,40-47,51-52,55-60H,13-18,21-23H2,1-7H3/t25-,26-,27-,28-,29+,30+,34-,36-,37-,38+,40-,41+,42+,43+,44+,45+,46+,47+,51+,52+,55-/m1/s1. The Bertz CT molecular complexity index is 2480. The summed E-state index contributed by atoms with van der Waals surface area (Å²) in [6, 6.07) is 11.5. The van der Waals surface area contributed by atoms with E-state index in [2.05, 4.69) is 0 Å². The summed E-state index contributed by atoms with van der Waals surface area (Å²) in [6.07, 6.45) is -9.33. The van der Waals surface area contributed by atoms with Gasteiger partial charge >= 0.3 is 0 Å². The van der Waals surface area contributed by atoms with Crippen LogP contribution in [0.2, 0.25) is 0 Å². The second kappa shape index (κ2) is 22.3. The van der Waals surface area contributed by atoms with E-state index in [-0.39, 0.29) is 77.1 Å². The van der Waals surface area contributed by atoms with Crippen molar-refractivity contribution in [3.63, 3.8) is 0 Å². The molecule has 6 heterocycles. The van der Waals surface area contributed by atoms with Crippen LogP contribution in [-0.4, -0.2) is 166 Å². The summed E-state index contributed by atoms with van der Waals surface area (Å²) in [5, 5.41) is 55.5. The number of phenols is 1. The van der Waals surface area contributed by atoms with Crippen LogP contribution in [0.4, 0.5) is 0 Å². The zero-order valence-corrected chi connectivity index (χ0v) is 43.0. The molecule has 0 unspecified atom stereocenters. The number of ether oxygens (including phenoxy) is 12. The number of aliphatic hydroxyl groups is 4. The Kier molecular flexibility index (Phi) is 16.2. The molecule has 19 heteroatoms. The Balaban J connectivity index is 0.684. The van der Waals surface area contributed by atoms with E-state index in [9.17, 15) is 35.1 Å². The highest BCUT2D eigenvalue weighted by Crippen LogP contribution is 2.42. The number of fused-ring (bicyclic) bond motifs is 4. The molecule has 1 aliphatic carbocycles. The van der Waals surface area contributed by atoms with Crippen LogP contribution >= 0.6 is 0 Å². The van der Waals surface area contributed by atoms with Gasteiger partial charge in [0, 0.05) is 60.6 Å². The molecular formula is C55H72O19. The van der Waals surface area contributed by atoms with Crippen LogP contribution in [0.1, 0.15) is 137 Å². The maximum Gasteiger partial charge on any atom is 0.202 e. The number of benzene rings is 3. The minimum absolute atomic E-state index is 0.0303. The molecular weight excluding hydrogens is 965 g/mol. The first-order chi connectivity index (χ1) is 35.4. The van der Waals surface area contributed by atoms with Gasteiger partial charge in [-0.2, -0.15) is 0 Å². The molecule has 0 bridgehead atoms. The molecule has 6 saturated heterocycles. The Labute approximate surface area is 430 Å². The molecule has 5 N–H and O–H groups in total. The van der Waals surface area contributed by atoms with Crippen molar-refractivity contribution in [2.75, 3.05) is 0 Å². The molecule has 0 radical (unpaired) electrons. The highest BCUT2D eigenvalue weighted by atomic mass is 16.8. The van der Waals surface area contributed by atoms with Gasteiger partial charge in [-0.05, 0) is 96.9 Å². The average molecular weight is 1040 g/mol. The van der Waals surface area contributed by atoms with E-state index in [1.165, 1.54) is 0 Å². The fraction of sp³-hybridized carbons (Fsp3) is 0.673. The molecule has 6 aliphatic heterocycles. The average Bonchev–Trinajstić information content (AvgIpc) is 3.35. The predicted molar refractivity (Wildman–Crippen MR) is 260 cm³/mol. The molecule has 7 aliphatic rings. The van der Waals surface area contributed by atoms with E-state index in [0.29, 0.717) is 55.7 Å². The SMILES string of the molecule is Cc1cc(O)c2c3c(ccc2c1)C(=O)c1c(O[C@H]2C[C@@H](O)[C@H](O[C@H]4C[C@H](O[C@H]5CC[C@@H](O[C@H]6CC[C@H](O[C@H]7C[C@@H](O[C@H]8CC[C@@H](O)[C@@H](C)O8)[C@@H](O)[C@@H](C)O7)[C@@H](C)O6)[C@@H](C)O5)[C@@H](O)[C@H](C)O4)[C@H](C)O2)cccc1C3=O. The Morgan fingerprint density at radius 3 is 1.59 bits per heavy atom. The molecule has 0 amide bonds. The summed E-state index contributed by atoms with van der Waals surface area (Å²) in [5.74, 6) is -0.792. The predicted octanol–water partition coefficient (Wildman–Crippen LogP) is 5.36. The van der Waals surface area contributed by atoms with Gasteiger partial charge in [0.25, 0.3) is 0 Å². The first-order valence-corrected chi connectivity index (χ1v) is 26.5. The van der Waals surface area contributed by atoms with Crippen molar-refractivity contribution in [1.29, 1.82) is 0 Å². The van der Waals surface area contributed by atoms with Gasteiger partial charge in [-0.1, -0.05) is 24.3 Å². The van der Waals surface area contributed by atoms with Gasteiger partial charge in [0.15, 0.2) is 43.0 Å². The lowest BCUT2D eigenvalue weighted by atomic mass is 9.81. The van der Waals surface area contributed by atoms with Crippen molar-refractivity contribution in [2.24, 2.45) is 0 Å². The zero-order valence-electron chi connectivity index (χ0n) is 43.0. The van der Waals surface area contributed by atoms with Crippen molar-refractivity contribution in [3.8, 4) is 11.5 Å². The largest absolute Gasteiger partial charge is 0.507 e. The molecule has 21 atom stereocenters. The number of carbonyl (C=O) groups excluding carboxylic acids is 2. The lowest BCUT2D eigenvalue weighted by Gasteiger charge is -2.45. The van der Waals surface area contributed by atoms with Crippen molar-refractivity contribution in [2.45, 2.75) is 236 Å². The molecule has 6 fully saturated rings. The molecule has 74 heavy (non-hydrogen) atoms. The number of carbonyl (C=O) groups is 2. The summed E-state index contributed by atoms with van der Waals surface area (Å²) >= 11 is 0. The zero-order chi connectivity index (χ0) is 52.3. The molecule has 0 aromatic heterocycles. The topological polar surface area (TPSA) is 246 Å². The molecule has 3 aromatic carbocycles. The van der Waals surface area contributed by atoms with Crippen LogP contribution in [0.15, 0.2) is 42.5 Å². The number of rotatable bonds is 12. The lowest BCUT2D eigenvalue weighted by Crippen LogP contribution is -2.55. The highest BCUT2D eigenvalue weighted by Gasteiger charge is 2.47. The molecule has 406 valence electrons. The van der Waals surface area contributed by atoms with Crippen LogP contribution in [0.25, 0.3) is 10.8 Å². The highest BCUT2D eigenvalue weighted by molar-refractivity contribution is 6.33. The normalized spacial score (nSPS) is 40.9. The van der Waals surface area contributed by atoms with Crippen molar-refractivity contribution in [1.82, 2.24) is 0 Å². The van der Waals surface area contributed by atoms with E-state index in [0.717, 1.165) is 5.56 Å². The third kappa shape index (κ3) is 11.2. The fourth-order valence-electron chi connectivity index (χ4n) is 11.6. The van der Waals surface area contributed by atoms with Gasteiger partial charge in [0.05, 0.1) is 78.8 Å². The summed E-state index contributed by atoms with van der Waals surface area (Å²) in [6.45, 7) is 12.8. The summed E-state index contributed by atoms with van der Waals surface area (Å²) in [4.78, 5) is 28.1. The Morgan fingerprint density at radius 2 is 1.00 bits per heavy atom. The first kappa shape index (κ1) is 53.6. The van der Waals surface area contributed by atoms with Gasteiger partial charge in [-0.25, -0.2) is 0 Å². The number of hydrogen-bond acceptors (Lipinski definition) is 19. The van der Waals surface area contributed by atoms with E-state index in [4.69, 9.17) is 56.8 Å². The number of phenolic OH excluding ortho intramolecular Hbond substituents is 1. The summed E-state index contributed by atoms with van der Waals surface area (Å²) in [5.41, 5.74) is 1.34. The monoisotopic (exact) mass is 1040 g/mol. The second-order valence-electron chi connectivity index (χ2n) is 21.3. The van der Waals surface area contributed by atoms with Crippen molar-refractivity contribution in [3.05, 3.63) is 70.3 Å². The van der Waals surface area contributed by atoms with Gasteiger partial charge in [0.1, 0.15) is 29.8 Å². The molecule has 19 nitrogen and oxygen atoms in total.